The van der Waals surface area contributed by atoms with Crippen LogP contribution in [0.3, 0.4) is 0 Å². The Kier molecular flexibility index (Phi) is 5.16. The van der Waals surface area contributed by atoms with E-state index in [1.54, 1.807) is 0 Å². The van der Waals surface area contributed by atoms with Gasteiger partial charge in [0.25, 0.3) is 0 Å². The van der Waals surface area contributed by atoms with Crippen molar-refractivity contribution in [2.24, 2.45) is 0 Å². The van der Waals surface area contributed by atoms with Gasteiger partial charge in [-0.15, -0.1) is 0 Å². The maximum Gasteiger partial charge on any atom is 0.133 e. The molecule has 2 rings (SSSR count). The Labute approximate surface area is 119 Å². The number of ether oxygens (including phenoxy) is 1. The van der Waals surface area contributed by atoms with Gasteiger partial charge in [-0.25, -0.2) is 0 Å². The number of benzene rings is 2. The summed E-state index contributed by atoms with van der Waals surface area (Å²) < 4.78 is 5.84. The molecule has 0 fully saturated rings. The number of para-hydroxylation sites is 1. The van der Waals surface area contributed by atoms with E-state index in [1.165, 1.54) is 5.56 Å². The van der Waals surface area contributed by atoms with Gasteiger partial charge in [0.15, 0.2) is 0 Å². The van der Waals surface area contributed by atoms with E-state index in [0.29, 0.717) is 18.6 Å². The lowest BCUT2D eigenvalue weighted by Gasteiger charge is -2.15. The van der Waals surface area contributed by atoms with Crippen molar-refractivity contribution in [3.63, 3.8) is 0 Å². The van der Waals surface area contributed by atoms with Crippen molar-refractivity contribution in [1.29, 1.82) is 0 Å². The van der Waals surface area contributed by atoms with Crippen LogP contribution >= 0.6 is 0 Å². The first kappa shape index (κ1) is 14.6. The predicted octanol–water partition coefficient (Wildman–Crippen LogP) is 3.59. The second-order valence-corrected chi connectivity index (χ2v) is 4.83. The van der Waals surface area contributed by atoms with Crippen molar-refractivity contribution in [3.05, 3.63) is 59.7 Å². The predicted molar refractivity (Wildman–Crippen MR) is 79.0 cm³/mol. The van der Waals surface area contributed by atoms with E-state index < -0.39 is 6.10 Å². The third kappa shape index (κ3) is 3.83. The van der Waals surface area contributed by atoms with Crippen LogP contribution in [0.1, 0.15) is 30.1 Å². The van der Waals surface area contributed by atoms with Crippen LogP contribution in [-0.2, 0) is 0 Å². The molecule has 1 atom stereocenters. The minimum Gasteiger partial charge on any atom is -0.457 e. The van der Waals surface area contributed by atoms with E-state index in [9.17, 15) is 5.11 Å². The molecule has 106 valence electrons. The van der Waals surface area contributed by atoms with Crippen LogP contribution in [0.5, 0.6) is 11.5 Å². The van der Waals surface area contributed by atoms with Crippen LogP contribution in [0.4, 0.5) is 0 Å². The maximum atomic E-state index is 10.2. The van der Waals surface area contributed by atoms with Crippen LogP contribution in [0.2, 0.25) is 0 Å². The van der Waals surface area contributed by atoms with Crippen molar-refractivity contribution in [1.82, 2.24) is 0 Å². The van der Waals surface area contributed by atoms with E-state index in [4.69, 9.17) is 9.84 Å². The molecule has 0 aliphatic heterocycles. The number of aryl methyl sites for hydroxylation is 1. The van der Waals surface area contributed by atoms with Crippen LogP contribution in [0, 0.1) is 6.92 Å². The Morgan fingerprint density at radius 2 is 1.75 bits per heavy atom. The molecule has 0 saturated carbocycles. The van der Waals surface area contributed by atoms with E-state index >= 15 is 0 Å². The van der Waals surface area contributed by atoms with Crippen LogP contribution in [0.25, 0.3) is 0 Å². The molecule has 0 heterocycles. The van der Waals surface area contributed by atoms with E-state index in [-0.39, 0.29) is 6.61 Å². The summed E-state index contributed by atoms with van der Waals surface area (Å²) >= 11 is 0. The molecule has 20 heavy (non-hydrogen) atoms. The van der Waals surface area contributed by atoms with Gasteiger partial charge in [-0.05, 0) is 38.0 Å². The zero-order valence-corrected chi connectivity index (χ0v) is 11.6. The van der Waals surface area contributed by atoms with Crippen molar-refractivity contribution in [2.75, 3.05) is 6.61 Å². The molecule has 2 aromatic carbocycles. The van der Waals surface area contributed by atoms with Gasteiger partial charge in [0, 0.05) is 12.2 Å². The Bertz CT molecular complexity index is 534. The standard InChI is InChI=1S/C17H20O3/c1-13-8-10-14(11-9-13)20-17-7-3-2-5-15(17)16(19)6-4-12-18/h2-3,5,7-11,16,18-19H,4,6,12H2,1H3. The average molecular weight is 272 g/mol. The summed E-state index contributed by atoms with van der Waals surface area (Å²) in [4.78, 5) is 0. The van der Waals surface area contributed by atoms with Gasteiger partial charge in [0.1, 0.15) is 11.5 Å². The van der Waals surface area contributed by atoms with Crippen molar-refractivity contribution >= 4 is 0 Å². The zero-order valence-electron chi connectivity index (χ0n) is 11.6. The SMILES string of the molecule is Cc1ccc(Oc2ccccc2C(O)CCCO)cc1. The molecule has 2 aromatic rings. The molecule has 0 radical (unpaired) electrons. The average Bonchev–Trinajstić information content (AvgIpc) is 2.48. The lowest BCUT2D eigenvalue weighted by Crippen LogP contribution is -2.01. The highest BCUT2D eigenvalue weighted by molar-refractivity contribution is 5.39. The Morgan fingerprint density at radius 1 is 1.05 bits per heavy atom. The quantitative estimate of drug-likeness (QED) is 0.844. The fourth-order valence-corrected chi connectivity index (χ4v) is 2.02. The third-order valence-corrected chi connectivity index (χ3v) is 3.16. The Hall–Kier alpha value is -1.84. The van der Waals surface area contributed by atoms with Crippen LogP contribution in [0.15, 0.2) is 48.5 Å². The molecule has 0 aliphatic carbocycles. The minimum absolute atomic E-state index is 0.0814. The van der Waals surface area contributed by atoms with Gasteiger partial charge in [-0.1, -0.05) is 35.9 Å². The summed E-state index contributed by atoms with van der Waals surface area (Å²) in [5.74, 6) is 1.40. The van der Waals surface area contributed by atoms with Crippen molar-refractivity contribution in [2.45, 2.75) is 25.9 Å². The molecule has 3 heteroatoms. The topological polar surface area (TPSA) is 49.7 Å². The summed E-state index contributed by atoms with van der Waals surface area (Å²) in [6, 6.07) is 15.2. The van der Waals surface area contributed by atoms with Gasteiger partial charge < -0.3 is 14.9 Å². The molecule has 0 aliphatic rings. The smallest absolute Gasteiger partial charge is 0.133 e. The molecule has 0 bridgehead atoms. The summed E-state index contributed by atoms with van der Waals surface area (Å²) in [6.07, 6.45) is 0.467. The summed E-state index contributed by atoms with van der Waals surface area (Å²) in [7, 11) is 0. The molecular formula is C17H20O3. The zero-order chi connectivity index (χ0) is 14.4. The molecule has 2 N–H and O–H groups in total. The fraction of sp³-hybridized carbons (Fsp3) is 0.294. The number of rotatable bonds is 6. The molecule has 0 saturated heterocycles. The lowest BCUT2D eigenvalue weighted by molar-refractivity contribution is 0.149. The largest absolute Gasteiger partial charge is 0.457 e. The van der Waals surface area contributed by atoms with Crippen LogP contribution in [-0.4, -0.2) is 16.8 Å². The fourth-order valence-electron chi connectivity index (χ4n) is 2.02. The number of aliphatic hydroxyl groups excluding tert-OH is 2. The minimum atomic E-state index is -0.621. The van der Waals surface area contributed by atoms with E-state index in [0.717, 1.165) is 11.3 Å². The first-order valence-electron chi connectivity index (χ1n) is 6.83. The van der Waals surface area contributed by atoms with Gasteiger partial charge in [0.2, 0.25) is 0 Å². The molecule has 0 amide bonds. The molecule has 0 aromatic heterocycles. The van der Waals surface area contributed by atoms with E-state index in [1.807, 2.05) is 55.5 Å². The maximum absolute atomic E-state index is 10.2. The van der Waals surface area contributed by atoms with Crippen LogP contribution < -0.4 is 4.74 Å². The second-order valence-electron chi connectivity index (χ2n) is 4.83. The van der Waals surface area contributed by atoms with Gasteiger partial charge in [-0.2, -0.15) is 0 Å². The number of hydrogen-bond donors (Lipinski definition) is 2. The first-order valence-corrected chi connectivity index (χ1v) is 6.83. The molecule has 1 unspecified atom stereocenters. The highest BCUT2D eigenvalue weighted by atomic mass is 16.5. The summed E-state index contributed by atoms with van der Waals surface area (Å²) in [5, 5.41) is 19.0. The number of hydrogen-bond acceptors (Lipinski definition) is 3. The van der Waals surface area contributed by atoms with Crippen molar-refractivity contribution < 1.29 is 14.9 Å². The first-order chi connectivity index (χ1) is 9.70. The van der Waals surface area contributed by atoms with Gasteiger partial charge >= 0.3 is 0 Å². The highest BCUT2D eigenvalue weighted by Crippen LogP contribution is 2.31. The number of aliphatic hydroxyl groups is 2. The third-order valence-electron chi connectivity index (χ3n) is 3.16. The van der Waals surface area contributed by atoms with Gasteiger partial charge in [0.05, 0.1) is 6.10 Å². The Morgan fingerprint density at radius 3 is 2.45 bits per heavy atom. The lowest BCUT2D eigenvalue weighted by atomic mass is 10.0. The molecule has 3 nitrogen and oxygen atoms in total. The van der Waals surface area contributed by atoms with Gasteiger partial charge in [-0.3, -0.25) is 0 Å². The monoisotopic (exact) mass is 272 g/mol. The van der Waals surface area contributed by atoms with Crippen molar-refractivity contribution in [3.8, 4) is 11.5 Å². The van der Waals surface area contributed by atoms with E-state index in [2.05, 4.69) is 0 Å². The molecule has 0 spiro atoms. The summed E-state index contributed by atoms with van der Waals surface area (Å²) in [5.41, 5.74) is 1.93. The summed E-state index contributed by atoms with van der Waals surface area (Å²) in [6.45, 7) is 2.11. The normalized spacial score (nSPS) is 12.2. The molecular weight excluding hydrogens is 252 g/mol. The highest BCUT2D eigenvalue weighted by Gasteiger charge is 2.13. The Balaban J connectivity index is 2.17. The second kappa shape index (κ2) is 7.08.